The van der Waals surface area contributed by atoms with Crippen molar-refractivity contribution < 1.29 is 0 Å². The first kappa shape index (κ1) is 21.7. The average molecular weight is 503 g/mol. The molecule has 2 aliphatic carbocycles. The van der Waals surface area contributed by atoms with Crippen molar-refractivity contribution in [1.82, 2.24) is 0 Å². The molecule has 0 aliphatic heterocycles. The molecule has 38 heavy (non-hydrogen) atoms. The molecule has 2 aliphatic rings. The maximum atomic E-state index is 7.25. The lowest BCUT2D eigenvalue weighted by Crippen LogP contribution is -2.30. The summed E-state index contributed by atoms with van der Waals surface area (Å²) in [5.41, 5.74) is 14.3. The molecule has 6 aromatic carbocycles. The molecule has 1 spiro atoms. The van der Waals surface area contributed by atoms with Crippen LogP contribution in [0.1, 0.15) is 22.3 Å². The second-order valence-corrected chi connectivity index (χ2v) is 10.5. The molecule has 0 radical (unpaired) electrons. The molecule has 8 rings (SSSR count). The molecule has 0 bridgehead atoms. The lowest BCUT2D eigenvalue weighted by atomic mass is 9.64. The summed E-state index contributed by atoms with van der Waals surface area (Å²) in [5.74, 6) is 0. The summed E-state index contributed by atoms with van der Waals surface area (Å²) in [6.07, 6.45) is 0. The van der Waals surface area contributed by atoms with Crippen LogP contribution in [0, 0.1) is 0 Å². The zero-order chi connectivity index (χ0) is 25.3. The molecule has 0 heterocycles. The molecule has 0 unspecified atom stereocenters. The fourth-order valence-electron chi connectivity index (χ4n) is 7.01. The fraction of sp³-hybridized carbons (Fsp3) is 0.0270. The van der Waals surface area contributed by atoms with Gasteiger partial charge in [0.05, 0.1) is 5.41 Å². The normalized spacial score (nSPS) is 13.6. The van der Waals surface area contributed by atoms with Crippen molar-refractivity contribution in [2.24, 2.45) is 0 Å². The van der Waals surface area contributed by atoms with Gasteiger partial charge in [0, 0.05) is 5.02 Å². The lowest BCUT2D eigenvalue weighted by molar-refractivity contribution is 0.773. The van der Waals surface area contributed by atoms with Crippen molar-refractivity contribution in [3.63, 3.8) is 0 Å². The van der Waals surface area contributed by atoms with Crippen LogP contribution in [0.3, 0.4) is 0 Å². The zero-order valence-electron chi connectivity index (χ0n) is 20.7. The highest BCUT2D eigenvalue weighted by atomic mass is 35.5. The molecule has 0 atom stereocenters. The minimum Gasteiger partial charge on any atom is -0.0840 e. The van der Waals surface area contributed by atoms with E-state index >= 15 is 0 Å². The topological polar surface area (TPSA) is 0 Å². The Labute approximate surface area is 227 Å². The van der Waals surface area contributed by atoms with Gasteiger partial charge in [0.1, 0.15) is 0 Å². The Morgan fingerprint density at radius 1 is 0.316 bits per heavy atom. The van der Waals surface area contributed by atoms with Crippen LogP contribution in [0.15, 0.2) is 140 Å². The van der Waals surface area contributed by atoms with E-state index in [-0.39, 0.29) is 0 Å². The summed E-state index contributed by atoms with van der Waals surface area (Å²) in [4.78, 5) is 0. The Balaban J connectivity index is 1.69. The standard InChI is InChI=1S/C37H23Cl/c38-35-23-11-19-31-30-18-7-10-22-34(30)37(36(31)35)32-20-8-5-16-28(32)26-14-3-1-12-24(26)25-13-2-4-15-27(25)29-17-6-9-21-33(29)37/h1-23H. The van der Waals surface area contributed by atoms with Crippen LogP contribution in [0.25, 0.3) is 44.5 Å². The molecular formula is C37H23Cl. The third kappa shape index (κ3) is 2.71. The highest BCUT2D eigenvalue weighted by Gasteiger charge is 2.50. The van der Waals surface area contributed by atoms with E-state index in [0.717, 1.165) is 5.02 Å². The van der Waals surface area contributed by atoms with Gasteiger partial charge in [-0.2, -0.15) is 0 Å². The Morgan fingerprint density at radius 3 is 1.08 bits per heavy atom. The minimum atomic E-state index is -0.581. The monoisotopic (exact) mass is 502 g/mol. The molecule has 0 N–H and O–H groups in total. The molecular weight excluding hydrogens is 480 g/mol. The number of rotatable bonds is 0. The molecule has 0 saturated carbocycles. The number of fused-ring (bicyclic) bond motifs is 14. The second kappa shape index (κ2) is 8.05. The summed E-state index contributed by atoms with van der Waals surface area (Å²) in [6, 6.07) is 50.7. The first-order valence-electron chi connectivity index (χ1n) is 13.1. The smallest absolute Gasteiger partial charge is 0.0740 e. The van der Waals surface area contributed by atoms with Gasteiger partial charge in [0.2, 0.25) is 0 Å². The molecule has 0 fully saturated rings. The van der Waals surface area contributed by atoms with Gasteiger partial charge in [-0.15, -0.1) is 0 Å². The Morgan fingerprint density at radius 2 is 0.632 bits per heavy atom. The SMILES string of the molecule is Clc1cccc2c1C1(c3ccccc3-c3ccccc3-c3ccccc3-c3ccccc31)c1ccccc1-2. The second-order valence-electron chi connectivity index (χ2n) is 10.1. The van der Waals surface area contributed by atoms with Crippen molar-refractivity contribution in [3.05, 3.63) is 167 Å². The van der Waals surface area contributed by atoms with E-state index in [1.807, 2.05) is 6.07 Å². The summed E-state index contributed by atoms with van der Waals surface area (Å²) >= 11 is 7.25. The van der Waals surface area contributed by atoms with E-state index in [9.17, 15) is 0 Å². The fourth-order valence-corrected chi connectivity index (χ4v) is 7.33. The third-order valence-corrected chi connectivity index (χ3v) is 8.71. The van der Waals surface area contributed by atoms with Gasteiger partial charge in [-0.25, -0.2) is 0 Å². The molecule has 0 saturated heterocycles. The van der Waals surface area contributed by atoms with E-state index in [4.69, 9.17) is 11.6 Å². The van der Waals surface area contributed by atoms with Crippen LogP contribution in [0.5, 0.6) is 0 Å². The molecule has 1 heteroatoms. The van der Waals surface area contributed by atoms with Crippen molar-refractivity contribution in [3.8, 4) is 44.5 Å². The summed E-state index contributed by atoms with van der Waals surface area (Å²) in [6.45, 7) is 0. The van der Waals surface area contributed by atoms with Gasteiger partial charge >= 0.3 is 0 Å². The zero-order valence-corrected chi connectivity index (χ0v) is 21.4. The lowest BCUT2D eigenvalue weighted by Gasteiger charge is -2.37. The summed E-state index contributed by atoms with van der Waals surface area (Å²) in [7, 11) is 0. The quantitative estimate of drug-likeness (QED) is 0.193. The van der Waals surface area contributed by atoms with E-state index in [2.05, 4.69) is 133 Å². The number of benzene rings is 6. The maximum Gasteiger partial charge on any atom is 0.0740 e. The molecule has 0 nitrogen and oxygen atoms in total. The van der Waals surface area contributed by atoms with Crippen LogP contribution in [0.2, 0.25) is 5.02 Å². The van der Waals surface area contributed by atoms with Crippen molar-refractivity contribution in [2.45, 2.75) is 5.41 Å². The van der Waals surface area contributed by atoms with Crippen LogP contribution in [-0.2, 0) is 5.41 Å². The highest BCUT2D eigenvalue weighted by Crippen LogP contribution is 2.62. The average Bonchev–Trinajstić information content (AvgIpc) is 3.30. The number of hydrogen-bond donors (Lipinski definition) is 0. The molecule has 6 aromatic rings. The predicted octanol–water partition coefficient (Wildman–Crippen LogP) is 10.0. The number of hydrogen-bond acceptors (Lipinski definition) is 0. The van der Waals surface area contributed by atoms with E-state index in [1.165, 1.54) is 66.8 Å². The Kier molecular flexibility index (Phi) is 4.59. The van der Waals surface area contributed by atoms with Gasteiger partial charge < -0.3 is 0 Å². The van der Waals surface area contributed by atoms with Crippen molar-refractivity contribution in [1.29, 1.82) is 0 Å². The summed E-state index contributed by atoms with van der Waals surface area (Å²) in [5, 5.41) is 0.795. The molecule has 0 amide bonds. The van der Waals surface area contributed by atoms with E-state index in [0.29, 0.717) is 0 Å². The molecule has 178 valence electrons. The first-order chi connectivity index (χ1) is 18.8. The Bertz CT molecular complexity index is 1800. The first-order valence-corrected chi connectivity index (χ1v) is 13.4. The largest absolute Gasteiger partial charge is 0.0840 e. The third-order valence-electron chi connectivity index (χ3n) is 8.40. The van der Waals surface area contributed by atoms with Crippen LogP contribution < -0.4 is 0 Å². The Hall–Kier alpha value is -4.39. The van der Waals surface area contributed by atoms with E-state index < -0.39 is 5.41 Å². The molecule has 0 aromatic heterocycles. The van der Waals surface area contributed by atoms with Crippen LogP contribution in [-0.4, -0.2) is 0 Å². The summed E-state index contributed by atoms with van der Waals surface area (Å²) < 4.78 is 0. The van der Waals surface area contributed by atoms with Crippen LogP contribution >= 0.6 is 11.6 Å². The van der Waals surface area contributed by atoms with Gasteiger partial charge in [0.25, 0.3) is 0 Å². The highest BCUT2D eigenvalue weighted by molar-refractivity contribution is 6.32. The number of halogens is 1. The van der Waals surface area contributed by atoms with Gasteiger partial charge in [0.15, 0.2) is 0 Å². The minimum absolute atomic E-state index is 0.581. The maximum absolute atomic E-state index is 7.25. The van der Waals surface area contributed by atoms with Gasteiger partial charge in [-0.05, 0) is 72.8 Å². The van der Waals surface area contributed by atoms with Crippen molar-refractivity contribution >= 4 is 11.6 Å². The van der Waals surface area contributed by atoms with E-state index in [1.54, 1.807) is 0 Å². The predicted molar refractivity (Wildman–Crippen MR) is 159 cm³/mol. The van der Waals surface area contributed by atoms with Crippen LogP contribution in [0.4, 0.5) is 0 Å². The van der Waals surface area contributed by atoms with Crippen molar-refractivity contribution in [2.75, 3.05) is 0 Å². The van der Waals surface area contributed by atoms with Gasteiger partial charge in [-0.1, -0.05) is 145 Å². The van der Waals surface area contributed by atoms with Gasteiger partial charge in [-0.3, -0.25) is 0 Å².